The molecule has 0 aromatic heterocycles. The number of phenols is 1. The second kappa shape index (κ2) is 7.09. The number of aliphatic hydroxyl groups is 1. The van der Waals surface area contributed by atoms with Crippen molar-refractivity contribution in [3.8, 4) is 5.75 Å². The summed E-state index contributed by atoms with van der Waals surface area (Å²) in [5.41, 5.74) is 1.18. The van der Waals surface area contributed by atoms with Gasteiger partial charge in [-0.2, -0.15) is 0 Å². The fourth-order valence-electron chi connectivity index (χ4n) is 3.37. The molecule has 0 amide bonds. The third-order valence-corrected chi connectivity index (χ3v) is 4.56. The lowest BCUT2D eigenvalue weighted by atomic mass is 9.77. The topological polar surface area (TPSA) is 43.7 Å². The number of hydrogen-bond donors (Lipinski definition) is 2. The maximum absolute atomic E-state index is 9.72. The number of unbranched alkanes of at least 4 members (excludes halogenated alkanes) is 2. The second-order valence-corrected chi connectivity index (χ2v) is 6.04. The first-order valence-electron chi connectivity index (χ1n) is 7.83. The van der Waals surface area contributed by atoms with E-state index in [2.05, 4.69) is 17.9 Å². The highest BCUT2D eigenvalue weighted by molar-refractivity contribution is 5.34. The van der Waals surface area contributed by atoms with Crippen LogP contribution in [0.5, 0.6) is 5.75 Å². The van der Waals surface area contributed by atoms with Gasteiger partial charge in [0.1, 0.15) is 5.75 Å². The molecule has 1 heterocycles. The van der Waals surface area contributed by atoms with Gasteiger partial charge in [0, 0.05) is 18.6 Å². The third kappa shape index (κ3) is 3.53. The van der Waals surface area contributed by atoms with E-state index < -0.39 is 0 Å². The number of aliphatic hydroxyl groups excluding tert-OH is 1. The predicted molar refractivity (Wildman–Crippen MR) is 82.1 cm³/mol. The number of phenolic OH excluding ortho intramolecular Hbond substituents is 1. The van der Waals surface area contributed by atoms with E-state index in [9.17, 15) is 10.2 Å². The van der Waals surface area contributed by atoms with Gasteiger partial charge >= 0.3 is 0 Å². The summed E-state index contributed by atoms with van der Waals surface area (Å²) in [6.45, 7) is 5.69. The van der Waals surface area contributed by atoms with Crippen LogP contribution in [0.3, 0.4) is 0 Å². The van der Waals surface area contributed by atoms with Crippen molar-refractivity contribution in [1.29, 1.82) is 0 Å². The quantitative estimate of drug-likeness (QED) is 0.753. The van der Waals surface area contributed by atoms with Crippen molar-refractivity contribution in [3.63, 3.8) is 0 Å². The van der Waals surface area contributed by atoms with E-state index in [4.69, 9.17) is 0 Å². The van der Waals surface area contributed by atoms with Gasteiger partial charge in [0.15, 0.2) is 0 Å². The average molecular weight is 277 g/mol. The lowest BCUT2D eigenvalue weighted by Gasteiger charge is -2.29. The van der Waals surface area contributed by atoms with Gasteiger partial charge in [-0.1, -0.05) is 31.9 Å². The summed E-state index contributed by atoms with van der Waals surface area (Å²) in [5.74, 6) is 0.323. The Labute approximate surface area is 122 Å². The largest absolute Gasteiger partial charge is 0.508 e. The highest BCUT2D eigenvalue weighted by Gasteiger charge is 2.38. The van der Waals surface area contributed by atoms with Crippen molar-refractivity contribution in [2.75, 3.05) is 26.2 Å². The Morgan fingerprint density at radius 2 is 2.15 bits per heavy atom. The number of likely N-dealkylation sites (tertiary alicyclic amines) is 1. The fourth-order valence-corrected chi connectivity index (χ4v) is 3.37. The summed E-state index contributed by atoms with van der Waals surface area (Å²) in [5, 5.41) is 19.2. The van der Waals surface area contributed by atoms with E-state index >= 15 is 0 Å². The second-order valence-electron chi connectivity index (χ2n) is 6.04. The summed E-state index contributed by atoms with van der Waals surface area (Å²) in [4.78, 5) is 2.51. The minimum Gasteiger partial charge on any atom is -0.508 e. The van der Waals surface area contributed by atoms with E-state index in [0.717, 1.165) is 32.5 Å². The lowest BCUT2D eigenvalue weighted by molar-refractivity contribution is 0.228. The first-order chi connectivity index (χ1) is 9.70. The van der Waals surface area contributed by atoms with Crippen LogP contribution < -0.4 is 0 Å². The van der Waals surface area contributed by atoms with Crippen molar-refractivity contribution in [2.24, 2.45) is 0 Å². The van der Waals surface area contributed by atoms with E-state index in [1.54, 1.807) is 6.07 Å². The zero-order valence-electron chi connectivity index (χ0n) is 12.5. The van der Waals surface area contributed by atoms with Gasteiger partial charge in [-0.15, -0.1) is 0 Å². The smallest absolute Gasteiger partial charge is 0.115 e. The highest BCUT2D eigenvalue weighted by atomic mass is 16.3. The standard InChI is InChI=1S/C17H27NO2/c1-2-3-4-10-18-11-8-17(14-18,9-12-19)15-6-5-7-16(20)13-15/h5-7,13,19-20H,2-4,8-12,14H2,1H3. The van der Waals surface area contributed by atoms with E-state index in [0.29, 0.717) is 5.75 Å². The van der Waals surface area contributed by atoms with Crippen molar-refractivity contribution in [1.82, 2.24) is 4.90 Å². The van der Waals surface area contributed by atoms with Gasteiger partial charge in [-0.3, -0.25) is 0 Å². The van der Waals surface area contributed by atoms with E-state index in [1.807, 2.05) is 12.1 Å². The molecule has 1 atom stereocenters. The molecule has 3 heteroatoms. The highest BCUT2D eigenvalue weighted by Crippen LogP contribution is 2.38. The van der Waals surface area contributed by atoms with Crippen molar-refractivity contribution >= 4 is 0 Å². The Morgan fingerprint density at radius 1 is 1.30 bits per heavy atom. The molecule has 0 bridgehead atoms. The van der Waals surface area contributed by atoms with Crippen LogP contribution in [-0.2, 0) is 5.41 Å². The Kier molecular flexibility index (Phi) is 5.44. The Bertz CT molecular complexity index is 421. The van der Waals surface area contributed by atoms with E-state index in [-0.39, 0.29) is 12.0 Å². The van der Waals surface area contributed by atoms with Crippen LogP contribution in [0.25, 0.3) is 0 Å². The van der Waals surface area contributed by atoms with Gasteiger partial charge in [0.2, 0.25) is 0 Å². The fraction of sp³-hybridized carbons (Fsp3) is 0.647. The molecule has 0 radical (unpaired) electrons. The summed E-state index contributed by atoms with van der Waals surface area (Å²) >= 11 is 0. The molecule has 0 saturated carbocycles. The van der Waals surface area contributed by atoms with Crippen LogP contribution in [0.1, 0.15) is 44.6 Å². The third-order valence-electron chi connectivity index (χ3n) is 4.56. The normalized spacial score (nSPS) is 23.3. The number of rotatable bonds is 7. The van der Waals surface area contributed by atoms with Crippen LogP contribution in [-0.4, -0.2) is 41.4 Å². The Morgan fingerprint density at radius 3 is 2.85 bits per heavy atom. The molecular weight excluding hydrogens is 250 g/mol. The molecule has 0 spiro atoms. The maximum Gasteiger partial charge on any atom is 0.115 e. The number of hydrogen-bond acceptors (Lipinski definition) is 3. The van der Waals surface area contributed by atoms with Gasteiger partial charge in [0.25, 0.3) is 0 Å². The molecule has 1 aliphatic heterocycles. The minimum absolute atomic E-state index is 0.0136. The monoisotopic (exact) mass is 277 g/mol. The van der Waals surface area contributed by atoms with Crippen LogP contribution in [0.15, 0.2) is 24.3 Å². The molecule has 112 valence electrons. The molecular formula is C17H27NO2. The predicted octanol–water partition coefficient (Wildman–Crippen LogP) is 2.91. The van der Waals surface area contributed by atoms with Crippen LogP contribution in [0, 0.1) is 0 Å². The zero-order valence-corrected chi connectivity index (χ0v) is 12.5. The van der Waals surface area contributed by atoms with Crippen molar-refractivity contribution < 1.29 is 10.2 Å². The van der Waals surface area contributed by atoms with Gasteiger partial charge in [-0.25, -0.2) is 0 Å². The molecule has 20 heavy (non-hydrogen) atoms. The summed E-state index contributed by atoms with van der Waals surface area (Å²) in [6, 6.07) is 7.57. The average Bonchev–Trinajstić information content (AvgIpc) is 2.84. The summed E-state index contributed by atoms with van der Waals surface area (Å²) in [7, 11) is 0. The molecule has 2 N–H and O–H groups in total. The SMILES string of the molecule is CCCCCN1CCC(CCO)(c2cccc(O)c2)C1. The first-order valence-corrected chi connectivity index (χ1v) is 7.83. The molecule has 1 aromatic carbocycles. The number of benzene rings is 1. The Balaban J connectivity index is 2.08. The van der Waals surface area contributed by atoms with Gasteiger partial charge < -0.3 is 15.1 Å². The molecule has 2 rings (SSSR count). The zero-order chi connectivity index (χ0) is 14.4. The van der Waals surface area contributed by atoms with Crippen LogP contribution >= 0.6 is 0 Å². The van der Waals surface area contributed by atoms with Gasteiger partial charge in [0.05, 0.1) is 0 Å². The summed E-state index contributed by atoms with van der Waals surface area (Å²) < 4.78 is 0. The molecule has 0 aliphatic carbocycles. The maximum atomic E-state index is 9.72. The Hall–Kier alpha value is -1.06. The minimum atomic E-state index is 0.0136. The summed E-state index contributed by atoms with van der Waals surface area (Å²) in [6.07, 6.45) is 5.65. The van der Waals surface area contributed by atoms with Crippen LogP contribution in [0.4, 0.5) is 0 Å². The molecule has 3 nitrogen and oxygen atoms in total. The molecule has 1 saturated heterocycles. The number of aromatic hydroxyl groups is 1. The molecule has 1 aromatic rings. The molecule has 1 aliphatic rings. The van der Waals surface area contributed by atoms with Crippen LogP contribution in [0.2, 0.25) is 0 Å². The lowest BCUT2D eigenvalue weighted by Crippen LogP contribution is -2.32. The number of nitrogens with zero attached hydrogens (tertiary/aromatic N) is 1. The van der Waals surface area contributed by atoms with Gasteiger partial charge in [-0.05, 0) is 50.0 Å². The van der Waals surface area contributed by atoms with E-state index in [1.165, 1.54) is 24.8 Å². The molecule has 1 unspecified atom stereocenters. The van der Waals surface area contributed by atoms with Crippen molar-refractivity contribution in [3.05, 3.63) is 29.8 Å². The molecule has 1 fully saturated rings. The first kappa shape index (κ1) is 15.3. The van der Waals surface area contributed by atoms with Crippen molar-refractivity contribution in [2.45, 2.75) is 44.4 Å².